The first kappa shape index (κ1) is 15.9. The van der Waals surface area contributed by atoms with E-state index in [9.17, 15) is 5.11 Å². The number of rotatable bonds is 5. The fraction of sp³-hybridized carbons (Fsp3) is 0.143. The number of H-pyrrole nitrogens is 1. The molecule has 0 aliphatic heterocycles. The molecule has 0 amide bonds. The molecule has 0 unspecified atom stereocenters. The number of pyridine rings is 1. The van der Waals surface area contributed by atoms with Gasteiger partial charge < -0.3 is 10.8 Å². The van der Waals surface area contributed by atoms with Crippen molar-refractivity contribution >= 4 is 23.4 Å². The molecule has 118 valence electrons. The summed E-state index contributed by atoms with van der Waals surface area (Å²) in [6, 6.07) is 7.23. The summed E-state index contributed by atoms with van der Waals surface area (Å²) < 4.78 is 0. The molecule has 0 radical (unpaired) electrons. The van der Waals surface area contributed by atoms with Crippen molar-refractivity contribution in [2.75, 3.05) is 0 Å². The fourth-order valence-electron chi connectivity index (χ4n) is 2.06. The van der Waals surface area contributed by atoms with Crippen LogP contribution in [0.4, 0.5) is 0 Å². The molecule has 0 aliphatic carbocycles. The van der Waals surface area contributed by atoms with E-state index in [0.29, 0.717) is 22.4 Å². The number of nitrogens with two attached hydrogens (primary N) is 1. The summed E-state index contributed by atoms with van der Waals surface area (Å²) in [6.45, 7) is 0.210. The molecular weight excluding hydrogens is 336 g/mol. The number of aliphatic hydroxyl groups is 1. The van der Waals surface area contributed by atoms with Crippen LogP contribution >= 0.6 is 23.4 Å². The van der Waals surface area contributed by atoms with Gasteiger partial charge in [0.05, 0.1) is 11.6 Å². The van der Waals surface area contributed by atoms with E-state index in [1.165, 1.54) is 11.8 Å². The number of benzene rings is 1. The molecule has 1 aromatic carbocycles. The predicted octanol–water partition coefficient (Wildman–Crippen LogP) is 2.02. The molecule has 2 heterocycles. The quantitative estimate of drug-likeness (QED) is 0.646. The maximum atomic E-state index is 9.42. The minimum atomic E-state index is -0.0906. The van der Waals surface area contributed by atoms with Gasteiger partial charge in [-0.2, -0.15) is 5.21 Å². The molecule has 3 aromatic rings. The summed E-state index contributed by atoms with van der Waals surface area (Å²) in [5.74, 6) is 0.451. The Kier molecular flexibility index (Phi) is 4.87. The Hall–Kier alpha value is -2.00. The van der Waals surface area contributed by atoms with Crippen molar-refractivity contribution in [1.82, 2.24) is 25.6 Å². The summed E-state index contributed by atoms with van der Waals surface area (Å²) in [6.07, 6.45) is 1.67. The van der Waals surface area contributed by atoms with E-state index in [1.807, 2.05) is 12.1 Å². The molecule has 23 heavy (non-hydrogen) atoms. The lowest BCUT2D eigenvalue weighted by molar-refractivity contribution is 0.278. The first-order valence-corrected chi connectivity index (χ1v) is 7.91. The summed E-state index contributed by atoms with van der Waals surface area (Å²) in [7, 11) is 0. The van der Waals surface area contributed by atoms with Crippen LogP contribution in [-0.2, 0) is 13.2 Å². The van der Waals surface area contributed by atoms with Gasteiger partial charge in [0.25, 0.3) is 0 Å². The molecule has 0 saturated carbocycles. The maximum absolute atomic E-state index is 9.42. The van der Waals surface area contributed by atoms with E-state index in [0.717, 1.165) is 21.6 Å². The van der Waals surface area contributed by atoms with Crippen molar-refractivity contribution in [3.8, 4) is 11.4 Å². The number of tetrazole rings is 1. The molecule has 0 saturated heterocycles. The number of hydrogen-bond acceptors (Lipinski definition) is 7. The highest BCUT2D eigenvalue weighted by atomic mass is 35.5. The number of aromatic amines is 1. The van der Waals surface area contributed by atoms with Gasteiger partial charge in [0.1, 0.15) is 5.03 Å². The van der Waals surface area contributed by atoms with Crippen molar-refractivity contribution in [3.05, 3.63) is 46.6 Å². The minimum absolute atomic E-state index is 0.0906. The van der Waals surface area contributed by atoms with Crippen LogP contribution in [-0.4, -0.2) is 30.7 Å². The van der Waals surface area contributed by atoms with Crippen LogP contribution in [0.3, 0.4) is 0 Å². The average Bonchev–Trinajstić information content (AvgIpc) is 3.11. The summed E-state index contributed by atoms with van der Waals surface area (Å²) in [5, 5.41) is 24.5. The second-order valence-electron chi connectivity index (χ2n) is 4.61. The minimum Gasteiger partial charge on any atom is -0.392 e. The first-order chi connectivity index (χ1) is 11.2. The van der Waals surface area contributed by atoms with Gasteiger partial charge in [-0.1, -0.05) is 29.4 Å². The Balaban J connectivity index is 2.02. The van der Waals surface area contributed by atoms with Crippen LogP contribution in [0.5, 0.6) is 0 Å². The predicted molar refractivity (Wildman–Crippen MR) is 86.8 cm³/mol. The fourth-order valence-corrected chi connectivity index (χ4v) is 3.42. The van der Waals surface area contributed by atoms with Gasteiger partial charge in [0.15, 0.2) is 0 Å². The van der Waals surface area contributed by atoms with Crippen LogP contribution in [0.2, 0.25) is 5.02 Å². The zero-order chi connectivity index (χ0) is 16.2. The van der Waals surface area contributed by atoms with E-state index in [-0.39, 0.29) is 6.61 Å². The van der Waals surface area contributed by atoms with E-state index >= 15 is 0 Å². The van der Waals surface area contributed by atoms with Gasteiger partial charge in [-0.15, -0.1) is 10.2 Å². The lowest BCUT2D eigenvalue weighted by Crippen LogP contribution is -2.01. The van der Waals surface area contributed by atoms with E-state index in [4.69, 9.17) is 17.3 Å². The lowest BCUT2D eigenvalue weighted by Gasteiger charge is -2.12. The number of halogens is 1. The van der Waals surface area contributed by atoms with Crippen molar-refractivity contribution in [1.29, 1.82) is 0 Å². The SMILES string of the molecule is NCc1cc(-c2nn[nH]n2)cc(Cl)c1Sc1ncccc1CO. The van der Waals surface area contributed by atoms with Crippen molar-refractivity contribution in [2.24, 2.45) is 5.73 Å². The monoisotopic (exact) mass is 348 g/mol. The average molecular weight is 349 g/mol. The van der Waals surface area contributed by atoms with Gasteiger partial charge in [0.2, 0.25) is 5.82 Å². The number of aliphatic hydroxyl groups excluding tert-OH is 1. The third-order valence-corrected chi connectivity index (χ3v) is 4.82. The second kappa shape index (κ2) is 7.05. The van der Waals surface area contributed by atoms with E-state index in [1.54, 1.807) is 18.3 Å². The van der Waals surface area contributed by atoms with Gasteiger partial charge in [-0.05, 0) is 29.0 Å². The molecule has 0 aliphatic rings. The van der Waals surface area contributed by atoms with Crippen LogP contribution in [0.15, 0.2) is 40.4 Å². The number of aromatic nitrogens is 5. The van der Waals surface area contributed by atoms with Gasteiger partial charge in [-0.25, -0.2) is 4.98 Å². The van der Waals surface area contributed by atoms with Gasteiger partial charge >= 0.3 is 0 Å². The largest absolute Gasteiger partial charge is 0.392 e. The third-order valence-electron chi connectivity index (χ3n) is 3.16. The Morgan fingerprint density at radius 2 is 2.17 bits per heavy atom. The first-order valence-electron chi connectivity index (χ1n) is 6.72. The highest BCUT2D eigenvalue weighted by Gasteiger charge is 2.15. The van der Waals surface area contributed by atoms with Crippen LogP contribution in [0.1, 0.15) is 11.1 Å². The Bertz CT molecular complexity index is 811. The highest BCUT2D eigenvalue weighted by molar-refractivity contribution is 7.99. The Labute approximate surface area is 141 Å². The van der Waals surface area contributed by atoms with E-state index in [2.05, 4.69) is 25.6 Å². The molecular formula is C14H13ClN6OS. The normalized spacial score (nSPS) is 10.9. The van der Waals surface area contributed by atoms with Crippen LogP contribution in [0.25, 0.3) is 11.4 Å². The third kappa shape index (κ3) is 3.35. The van der Waals surface area contributed by atoms with Crippen LogP contribution < -0.4 is 5.73 Å². The van der Waals surface area contributed by atoms with E-state index < -0.39 is 0 Å². The number of hydrogen-bond donors (Lipinski definition) is 3. The second-order valence-corrected chi connectivity index (χ2v) is 6.02. The molecule has 7 nitrogen and oxygen atoms in total. The zero-order valence-electron chi connectivity index (χ0n) is 11.9. The molecule has 3 rings (SSSR count). The van der Waals surface area contributed by atoms with Gasteiger partial charge in [-0.3, -0.25) is 0 Å². The van der Waals surface area contributed by atoms with Crippen molar-refractivity contribution in [3.63, 3.8) is 0 Å². The zero-order valence-corrected chi connectivity index (χ0v) is 13.5. The molecule has 2 aromatic heterocycles. The van der Waals surface area contributed by atoms with Crippen molar-refractivity contribution in [2.45, 2.75) is 23.1 Å². The summed E-state index contributed by atoms with van der Waals surface area (Å²) in [5.41, 5.74) is 8.17. The molecule has 9 heteroatoms. The number of nitrogens with zero attached hydrogens (tertiary/aromatic N) is 4. The summed E-state index contributed by atoms with van der Waals surface area (Å²) >= 11 is 7.80. The number of nitrogens with one attached hydrogen (secondary N) is 1. The highest BCUT2D eigenvalue weighted by Crippen LogP contribution is 2.38. The Morgan fingerprint density at radius 1 is 1.30 bits per heavy atom. The molecule has 0 atom stereocenters. The molecule has 0 bridgehead atoms. The Morgan fingerprint density at radius 3 is 2.87 bits per heavy atom. The standard InChI is InChI=1S/C14H13ClN6OS/c15-11-5-9(13-18-20-21-19-13)4-10(6-16)12(11)23-14-8(7-22)2-1-3-17-14/h1-5,22H,6-7,16H2,(H,18,19,20,21). The van der Waals surface area contributed by atoms with Gasteiger partial charge in [0, 0.05) is 28.8 Å². The molecule has 0 spiro atoms. The molecule has 0 fully saturated rings. The topological polar surface area (TPSA) is 114 Å². The summed E-state index contributed by atoms with van der Waals surface area (Å²) in [4.78, 5) is 5.10. The molecule has 4 N–H and O–H groups in total. The maximum Gasteiger partial charge on any atom is 0.204 e. The lowest BCUT2D eigenvalue weighted by atomic mass is 10.1. The van der Waals surface area contributed by atoms with Crippen LogP contribution in [0, 0.1) is 0 Å². The smallest absolute Gasteiger partial charge is 0.204 e. The van der Waals surface area contributed by atoms with Crippen molar-refractivity contribution < 1.29 is 5.11 Å².